The van der Waals surface area contributed by atoms with E-state index in [1.54, 1.807) is 36.4 Å². The first kappa shape index (κ1) is 31.5. The molecule has 1 aliphatic rings. The van der Waals surface area contributed by atoms with Crippen LogP contribution in [-0.2, 0) is 20.2 Å². The van der Waals surface area contributed by atoms with Crippen LogP contribution in [0, 0.1) is 0 Å². The molecule has 0 saturated carbocycles. The minimum absolute atomic E-state index is 0.00677. The van der Waals surface area contributed by atoms with Crippen LogP contribution in [0.15, 0.2) is 88.7 Å². The third-order valence-corrected chi connectivity index (χ3v) is 8.81. The van der Waals surface area contributed by atoms with Gasteiger partial charge >= 0.3 is 0 Å². The number of hydrogen-bond acceptors (Lipinski definition) is 13. The molecule has 6 rings (SSSR count). The molecule has 5 aromatic rings. The standard InChI is InChI=1S/C29H20ClN7O8S2/c30-27-35-28(37-29(36-27)34-16-4-3-5-17(12-16)46(40,41)42)33-15-10-8-14(9-11-15)32-20-13-21(47(43,44)45)24(31)23-22(20)25(38)18-6-1-2-7-19(18)26(23)39/h1-13,32H,31H2,(H,40,41,42)(H,43,44,45)(H2,33,34,35,36,37). The minimum atomic E-state index is -4.89. The zero-order chi connectivity index (χ0) is 33.7. The lowest BCUT2D eigenvalue weighted by molar-refractivity contribution is 0.0980. The Hall–Kier alpha value is -5.46. The molecule has 238 valence electrons. The number of halogens is 1. The van der Waals surface area contributed by atoms with Crippen LogP contribution in [-0.4, -0.2) is 52.5 Å². The molecule has 1 aliphatic carbocycles. The molecule has 0 spiro atoms. The first-order valence-electron chi connectivity index (χ1n) is 13.2. The fourth-order valence-corrected chi connectivity index (χ4v) is 6.19. The topological polar surface area (TPSA) is 244 Å². The van der Waals surface area contributed by atoms with Gasteiger partial charge in [-0.15, -0.1) is 0 Å². The van der Waals surface area contributed by atoms with Crippen LogP contribution in [0.2, 0.25) is 5.28 Å². The number of nitrogens with zero attached hydrogens (tertiary/aromatic N) is 3. The van der Waals surface area contributed by atoms with Crippen molar-refractivity contribution in [1.29, 1.82) is 0 Å². The van der Waals surface area contributed by atoms with Crippen LogP contribution < -0.4 is 21.7 Å². The minimum Gasteiger partial charge on any atom is -0.397 e. The number of carbonyl (C=O) groups excluding carboxylic acids is 2. The average Bonchev–Trinajstić information content (AvgIpc) is 3.00. The quantitative estimate of drug-likeness (QED) is 0.0941. The van der Waals surface area contributed by atoms with Crippen LogP contribution >= 0.6 is 11.6 Å². The van der Waals surface area contributed by atoms with Gasteiger partial charge in [-0.05, 0) is 60.1 Å². The second kappa shape index (κ2) is 11.7. The summed E-state index contributed by atoms with van der Waals surface area (Å²) in [6.07, 6.45) is 0. The maximum atomic E-state index is 13.5. The molecule has 15 nitrogen and oxygen atoms in total. The van der Waals surface area contributed by atoms with Crippen molar-refractivity contribution in [3.8, 4) is 0 Å². The number of anilines is 7. The van der Waals surface area contributed by atoms with Gasteiger partial charge in [0.05, 0.1) is 27.4 Å². The van der Waals surface area contributed by atoms with Gasteiger partial charge < -0.3 is 21.7 Å². The molecule has 0 bridgehead atoms. The molecule has 0 radical (unpaired) electrons. The lowest BCUT2D eigenvalue weighted by Gasteiger charge is -2.23. The molecule has 0 unspecified atom stereocenters. The Morgan fingerprint density at radius 2 is 1.19 bits per heavy atom. The van der Waals surface area contributed by atoms with Gasteiger partial charge in [-0.1, -0.05) is 30.3 Å². The van der Waals surface area contributed by atoms with E-state index in [1.165, 1.54) is 36.4 Å². The number of nitrogens with one attached hydrogen (secondary N) is 3. The number of fused-ring (bicyclic) bond motifs is 2. The molecule has 0 saturated heterocycles. The van der Waals surface area contributed by atoms with Gasteiger partial charge in [0.25, 0.3) is 20.2 Å². The largest absolute Gasteiger partial charge is 0.397 e. The fourth-order valence-electron chi connectivity index (χ4n) is 4.85. The second-order valence-corrected chi connectivity index (χ2v) is 13.1. The van der Waals surface area contributed by atoms with Gasteiger partial charge in [0, 0.05) is 28.2 Å². The Labute approximate surface area is 271 Å². The van der Waals surface area contributed by atoms with Crippen LogP contribution in [0.3, 0.4) is 0 Å². The lowest BCUT2D eigenvalue weighted by atomic mass is 9.82. The summed E-state index contributed by atoms with van der Waals surface area (Å²) in [4.78, 5) is 38.0. The number of rotatable bonds is 8. The zero-order valence-electron chi connectivity index (χ0n) is 23.5. The molecule has 0 amide bonds. The van der Waals surface area contributed by atoms with Crippen molar-refractivity contribution >= 4 is 83.7 Å². The highest BCUT2D eigenvalue weighted by Gasteiger charge is 2.36. The summed E-state index contributed by atoms with van der Waals surface area (Å²) in [7, 11) is -9.33. The summed E-state index contributed by atoms with van der Waals surface area (Å²) in [5.41, 5.74) is 6.14. The highest BCUT2D eigenvalue weighted by atomic mass is 35.5. The van der Waals surface area contributed by atoms with Crippen molar-refractivity contribution in [2.45, 2.75) is 9.79 Å². The molecule has 1 heterocycles. The van der Waals surface area contributed by atoms with E-state index in [0.717, 1.165) is 6.07 Å². The third kappa shape index (κ3) is 6.33. The number of ketones is 2. The highest BCUT2D eigenvalue weighted by Crippen LogP contribution is 2.40. The normalized spacial score (nSPS) is 12.7. The molecule has 0 atom stereocenters. The van der Waals surface area contributed by atoms with Crippen molar-refractivity contribution in [2.24, 2.45) is 0 Å². The molecular weight excluding hydrogens is 674 g/mol. The number of benzene rings is 4. The molecule has 18 heteroatoms. The van der Waals surface area contributed by atoms with Gasteiger partial charge in [-0.25, -0.2) is 0 Å². The van der Waals surface area contributed by atoms with Gasteiger partial charge in [-0.2, -0.15) is 31.8 Å². The third-order valence-electron chi connectivity index (χ3n) is 6.89. The zero-order valence-corrected chi connectivity index (χ0v) is 25.9. The molecule has 1 aromatic heterocycles. The molecule has 47 heavy (non-hydrogen) atoms. The van der Waals surface area contributed by atoms with E-state index >= 15 is 0 Å². The number of aromatic nitrogens is 3. The molecule has 7 N–H and O–H groups in total. The molecule has 0 aliphatic heterocycles. The van der Waals surface area contributed by atoms with Crippen LogP contribution in [0.1, 0.15) is 31.8 Å². The Morgan fingerprint density at radius 1 is 0.638 bits per heavy atom. The van der Waals surface area contributed by atoms with Crippen molar-refractivity contribution in [2.75, 3.05) is 21.7 Å². The maximum absolute atomic E-state index is 13.5. The summed E-state index contributed by atoms with van der Waals surface area (Å²) in [5, 5.41) is 8.46. The van der Waals surface area contributed by atoms with Crippen molar-refractivity contribution in [1.82, 2.24) is 15.0 Å². The SMILES string of the molecule is Nc1c(S(=O)(=O)O)cc(Nc2ccc(Nc3nc(Cl)nc(Nc4cccc(S(=O)(=O)O)c4)n3)cc2)c2c1C(=O)c1ccccc1C2=O. The van der Waals surface area contributed by atoms with Gasteiger partial charge in [0.15, 0.2) is 11.6 Å². The van der Waals surface area contributed by atoms with E-state index < -0.39 is 42.4 Å². The number of nitrogens with two attached hydrogens (primary N) is 1. The first-order valence-corrected chi connectivity index (χ1v) is 16.5. The van der Waals surface area contributed by atoms with E-state index in [-0.39, 0.29) is 55.7 Å². The molecular formula is C29H20ClN7O8S2. The van der Waals surface area contributed by atoms with E-state index in [1.807, 2.05) is 0 Å². The highest BCUT2D eigenvalue weighted by molar-refractivity contribution is 7.86. The van der Waals surface area contributed by atoms with Crippen LogP contribution in [0.4, 0.5) is 40.3 Å². The van der Waals surface area contributed by atoms with Gasteiger partial charge in [-0.3, -0.25) is 18.7 Å². The van der Waals surface area contributed by atoms with Crippen molar-refractivity contribution in [3.05, 3.63) is 106 Å². The summed E-state index contributed by atoms with van der Waals surface area (Å²) >= 11 is 6.06. The smallest absolute Gasteiger partial charge is 0.296 e. The summed E-state index contributed by atoms with van der Waals surface area (Å²) in [5.74, 6) is -1.27. The number of carbonyl (C=O) groups is 2. The average molecular weight is 694 g/mol. The van der Waals surface area contributed by atoms with E-state index in [9.17, 15) is 35.5 Å². The van der Waals surface area contributed by atoms with Crippen molar-refractivity contribution < 1.29 is 35.5 Å². The fraction of sp³-hybridized carbons (Fsp3) is 0. The summed E-state index contributed by atoms with van der Waals surface area (Å²) in [6.45, 7) is 0. The monoisotopic (exact) mass is 693 g/mol. The Bertz CT molecular complexity index is 2350. The lowest BCUT2D eigenvalue weighted by Crippen LogP contribution is -2.25. The predicted molar refractivity (Wildman–Crippen MR) is 171 cm³/mol. The first-order chi connectivity index (χ1) is 22.2. The Balaban J connectivity index is 1.28. The Kier molecular flexibility index (Phi) is 7.86. The second-order valence-electron chi connectivity index (χ2n) is 9.97. The maximum Gasteiger partial charge on any atom is 0.296 e. The number of hydrogen-bond donors (Lipinski definition) is 6. The van der Waals surface area contributed by atoms with Crippen molar-refractivity contribution in [3.63, 3.8) is 0 Å². The summed E-state index contributed by atoms with van der Waals surface area (Å²) in [6, 6.07) is 18.6. The van der Waals surface area contributed by atoms with E-state index in [4.69, 9.17) is 17.3 Å². The van der Waals surface area contributed by atoms with Crippen LogP contribution in [0.25, 0.3) is 0 Å². The summed E-state index contributed by atoms with van der Waals surface area (Å²) < 4.78 is 66.4. The van der Waals surface area contributed by atoms with E-state index in [0.29, 0.717) is 11.4 Å². The van der Waals surface area contributed by atoms with Gasteiger partial charge in [0.1, 0.15) is 4.90 Å². The van der Waals surface area contributed by atoms with E-state index in [2.05, 4.69) is 30.9 Å². The Morgan fingerprint density at radius 3 is 1.77 bits per heavy atom. The predicted octanol–water partition coefficient (Wildman–Crippen LogP) is 4.61. The number of nitrogen functional groups attached to an aromatic ring is 1. The molecule has 4 aromatic carbocycles. The van der Waals surface area contributed by atoms with Crippen LogP contribution in [0.5, 0.6) is 0 Å². The van der Waals surface area contributed by atoms with Gasteiger partial charge in [0.2, 0.25) is 17.2 Å². The molecule has 0 fully saturated rings.